The lowest BCUT2D eigenvalue weighted by Crippen LogP contribution is -2.10. The lowest BCUT2D eigenvalue weighted by atomic mass is 9.99. The topological polar surface area (TPSA) is 23.4 Å². The fraction of sp³-hybridized carbons (Fsp3) is 0.455. The standard InChI is InChI=1S/C22H29NO2/c1-5-7-8-16(6-2)15-23-21-11-9-17(24-3)13-19(21)20-14-18(25-4)10-12-22(20)23/h9-14,16H,5-8,15H2,1-4H3. The van der Waals surface area contributed by atoms with Crippen molar-refractivity contribution in [3.63, 3.8) is 0 Å². The van der Waals surface area contributed by atoms with Crippen LogP contribution in [0.5, 0.6) is 11.5 Å². The maximum absolute atomic E-state index is 5.45. The Hall–Kier alpha value is -2.16. The number of hydrogen-bond acceptors (Lipinski definition) is 2. The van der Waals surface area contributed by atoms with Crippen molar-refractivity contribution in [3.8, 4) is 11.5 Å². The minimum absolute atomic E-state index is 0.711. The van der Waals surface area contributed by atoms with Gasteiger partial charge in [0.15, 0.2) is 0 Å². The quantitative estimate of drug-likeness (QED) is 0.500. The summed E-state index contributed by atoms with van der Waals surface area (Å²) in [5.41, 5.74) is 2.55. The minimum atomic E-state index is 0.711. The molecule has 0 aliphatic heterocycles. The van der Waals surface area contributed by atoms with E-state index in [2.05, 4.69) is 54.8 Å². The van der Waals surface area contributed by atoms with E-state index < -0.39 is 0 Å². The smallest absolute Gasteiger partial charge is 0.119 e. The van der Waals surface area contributed by atoms with Gasteiger partial charge in [-0.15, -0.1) is 0 Å². The van der Waals surface area contributed by atoms with E-state index in [-0.39, 0.29) is 0 Å². The molecule has 1 heterocycles. The lowest BCUT2D eigenvalue weighted by Gasteiger charge is -2.17. The number of fused-ring (bicyclic) bond motifs is 3. The summed E-state index contributed by atoms with van der Waals surface area (Å²) in [5, 5.41) is 2.47. The number of hydrogen-bond donors (Lipinski definition) is 0. The number of methoxy groups -OCH3 is 2. The Bertz CT molecular complexity index is 789. The molecule has 3 aromatic rings. The van der Waals surface area contributed by atoms with Crippen LogP contribution < -0.4 is 9.47 Å². The van der Waals surface area contributed by atoms with Gasteiger partial charge < -0.3 is 14.0 Å². The number of unbranched alkanes of at least 4 members (excludes halogenated alkanes) is 1. The van der Waals surface area contributed by atoms with Crippen molar-refractivity contribution in [2.75, 3.05) is 14.2 Å². The number of aromatic nitrogens is 1. The van der Waals surface area contributed by atoms with Gasteiger partial charge >= 0.3 is 0 Å². The van der Waals surface area contributed by atoms with E-state index >= 15 is 0 Å². The minimum Gasteiger partial charge on any atom is -0.497 e. The van der Waals surface area contributed by atoms with Crippen LogP contribution in [0.25, 0.3) is 21.8 Å². The molecule has 2 aromatic carbocycles. The zero-order valence-corrected chi connectivity index (χ0v) is 15.8. The number of benzene rings is 2. The highest BCUT2D eigenvalue weighted by atomic mass is 16.5. The molecule has 0 N–H and O–H groups in total. The first-order chi connectivity index (χ1) is 12.2. The van der Waals surface area contributed by atoms with Crippen LogP contribution >= 0.6 is 0 Å². The van der Waals surface area contributed by atoms with E-state index in [1.54, 1.807) is 14.2 Å². The fourth-order valence-corrected chi connectivity index (χ4v) is 3.69. The average molecular weight is 339 g/mol. The molecule has 0 bridgehead atoms. The predicted octanol–water partition coefficient (Wildman–Crippen LogP) is 6.03. The molecule has 1 aromatic heterocycles. The predicted molar refractivity (Wildman–Crippen MR) is 106 cm³/mol. The van der Waals surface area contributed by atoms with Crippen LogP contribution in [0.3, 0.4) is 0 Å². The summed E-state index contributed by atoms with van der Waals surface area (Å²) in [7, 11) is 3.44. The Labute approximate surface area is 150 Å². The first-order valence-corrected chi connectivity index (χ1v) is 9.35. The summed E-state index contributed by atoms with van der Waals surface area (Å²) in [6, 6.07) is 12.8. The second-order valence-electron chi connectivity index (χ2n) is 6.79. The Kier molecular flexibility index (Phi) is 5.52. The van der Waals surface area contributed by atoms with Crippen molar-refractivity contribution < 1.29 is 9.47 Å². The maximum Gasteiger partial charge on any atom is 0.119 e. The van der Waals surface area contributed by atoms with Crippen LogP contribution in [0.1, 0.15) is 39.5 Å². The third kappa shape index (κ3) is 3.46. The van der Waals surface area contributed by atoms with E-state index in [9.17, 15) is 0 Å². The monoisotopic (exact) mass is 339 g/mol. The Morgan fingerprint density at radius 3 is 1.88 bits per heavy atom. The molecule has 0 aliphatic carbocycles. The molecule has 3 nitrogen and oxygen atoms in total. The third-order valence-electron chi connectivity index (χ3n) is 5.26. The molecule has 3 heteroatoms. The number of nitrogens with zero attached hydrogens (tertiary/aromatic N) is 1. The van der Waals surface area contributed by atoms with Crippen molar-refractivity contribution >= 4 is 21.8 Å². The molecule has 0 amide bonds. The van der Waals surface area contributed by atoms with Gasteiger partial charge in [-0.2, -0.15) is 0 Å². The van der Waals surface area contributed by atoms with E-state index in [1.165, 1.54) is 47.5 Å². The van der Waals surface area contributed by atoms with Crippen molar-refractivity contribution in [2.24, 2.45) is 5.92 Å². The van der Waals surface area contributed by atoms with Gasteiger partial charge in [-0.05, 0) is 48.7 Å². The van der Waals surface area contributed by atoms with E-state index in [0.717, 1.165) is 18.0 Å². The van der Waals surface area contributed by atoms with Gasteiger partial charge in [0.05, 0.1) is 14.2 Å². The van der Waals surface area contributed by atoms with Gasteiger partial charge in [-0.3, -0.25) is 0 Å². The highest BCUT2D eigenvalue weighted by Gasteiger charge is 2.15. The van der Waals surface area contributed by atoms with Crippen LogP contribution in [0.2, 0.25) is 0 Å². The molecule has 1 atom stereocenters. The van der Waals surface area contributed by atoms with Crippen LogP contribution in [-0.4, -0.2) is 18.8 Å². The van der Waals surface area contributed by atoms with Crippen LogP contribution in [0.15, 0.2) is 36.4 Å². The molecule has 0 saturated heterocycles. The first kappa shape index (κ1) is 17.7. The molecule has 3 rings (SSSR count). The normalized spacial score (nSPS) is 12.6. The van der Waals surface area contributed by atoms with Crippen molar-refractivity contribution in [3.05, 3.63) is 36.4 Å². The molecule has 0 fully saturated rings. The van der Waals surface area contributed by atoms with Gasteiger partial charge in [-0.1, -0.05) is 33.1 Å². The largest absolute Gasteiger partial charge is 0.497 e. The third-order valence-corrected chi connectivity index (χ3v) is 5.26. The van der Waals surface area contributed by atoms with Crippen molar-refractivity contribution in [2.45, 2.75) is 46.1 Å². The second-order valence-corrected chi connectivity index (χ2v) is 6.79. The van der Waals surface area contributed by atoms with E-state index in [1.807, 2.05) is 0 Å². The van der Waals surface area contributed by atoms with E-state index in [4.69, 9.17) is 9.47 Å². The summed E-state index contributed by atoms with van der Waals surface area (Å²) < 4.78 is 13.4. The summed E-state index contributed by atoms with van der Waals surface area (Å²) >= 11 is 0. The molecular weight excluding hydrogens is 310 g/mol. The highest BCUT2D eigenvalue weighted by molar-refractivity contribution is 6.09. The van der Waals surface area contributed by atoms with Crippen LogP contribution in [0, 0.1) is 5.92 Å². The molecule has 134 valence electrons. The van der Waals surface area contributed by atoms with Gasteiger partial charge in [0.2, 0.25) is 0 Å². The molecule has 0 aliphatic rings. The second kappa shape index (κ2) is 7.81. The van der Waals surface area contributed by atoms with Crippen LogP contribution in [-0.2, 0) is 6.54 Å². The van der Waals surface area contributed by atoms with Crippen molar-refractivity contribution in [1.82, 2.24) is 4.57 Å². The van der Waals surface area contributed by atoms with Gasteiger partial charge in [0, 0.05) is 28.4 Å². The molecule has 0 radical (unpaired) electrons. The molecule has 0 spiro atoms. The Morgan fingerprint density at radius 2 is 1.44 bits per heavy atom. The fourth-order valence-electron chi connectivity index (χ4n) is 3.69. The molecule has 25 heavy (non-hydrogen) atoms. The van der Waals surface area contributed by atoms with Gasteiger partial charge in [0.1, 0.15) is 11.5 Å². The molecule has 1 unspecified atom stereocenters. The summed E-state index contributed by atoms with van der Waals surface area (Å²) in [4.78, 5) is 0. The zero-order chi connectivity index (χ0) is 17.8. The molecule has 0 saturated carbocycles. The van der Waals surface area contributed by atoms with Gasteiger partial charge in [-0.25, -0.2) is 0 Å². The zero-order valence-electron chi connectivity index (χ0n) is 15.8. The molecular formula is C22H29NO2. The van der Waals surface area contributed by atoms with Gasteiger partial charge in [0.25, 0.3) is 0 Å². The summed E-state index contributed by atoms with van der Waals surface area (Å²) in [5.74, 6) is 2.50. The average Bonchev–Trinajstić information content (AvgIpc) is 2.97. The van der Waals surface area contributed by atoms with Crippen LogP contribution in [0.4, 0.5) is 0 Å². The Morgan fingerprint density at radius 1 is 0.880 bits per heavy atom. The number of ether oxygens (including phenoxy) is 2. The highest BCUT2D eigenvalue weighted by Crippen LogP contribution is 2.35. The first-order valence-electron chi connectivity index (χ1n) is 9.35. The SMILES string of the molecule is CCCCC(CC)Cn1c2ccc(OC)cc2c2cc(OC)ccc21. The lowest BCUT2D eigenvalue weighted by molar-refractivity contribution is 0.400. The summed E-state index contributed by atoms with van der Waals surface area (Å²) in [6.45, 7) is 5.64. The Balaban J connectivity index is 2.14. The van der Waals surface area contributed by atoms with E-state index in [0.29, 0.717) is 5.92 Å². The summed E-state index contributed by atoms with van der Waals surface area (Å²) in [6.07, 6.45) is 5.07. The number of rotatable bonds is 8. The maximum atomic E-state index is 5.45. The van der Waals surface area contributed by atoms with Crippen molar-refractivity contribution in [1.29, 1.82) is 0 Å².